The Morgan fingerprint density at radius 3 is 2.77 bits per heavy atom. The van der Waals surface area contributed by atoms with Crippen molar-refractivity contribution in [2.75, 3.05) is 0 Å². The summed E-state index contributed by atoms with van der Waals surface area (Å²) in [4.78, 5) is 10.7. The van der Waals surface area contributed by atoms with Crippen LogP contribution < -0.4 is 0 Å². The molecule has 0 aliphatic rings. The van der Waals surface area contributed by atoms with Crippen molar-refractivity contribution in [3.63, 3.8) is 0 Å². The van der Waals surface area contributed by atoms with Crippen molar-refractivity contribution >= 4 is 34.1 Å². The number of aliphatic hydroxyl groups is 1. The largest absolute Gasteiger partial charge is 0.507 e. The van der Waals surface area contributed by atoms with Crippen molar-refractivity contribution in [1.29, 1.82) is 0 Å². The summed E-state index contributed by atoms with van der Waals surface area (Å²) >= 11 is 2.15. The Morgan fingerprint density at radius 2 is 2.23 bits per heavy atom. The number of halogens is 1. The summed E-state index contributed by atoms with van der Waals surface area (Å²) in [5.74, 6) is -0.137. The number of hydrogen-bond donors (Lipinski definition) is 1. The van der Waals surface area contributed by atoms with E-state index in [9.17, 15) is 9.90 Å². The predicted molar refractivity (Wildman–Crippen MR) is 60.4 cm³/mol. The molecule has 0 atom stereocenters. The van der Waals surface area contributed by atoms with Crippen molar-refractivity contribution in [2.24, 2.45) is 0 Å². The van der Waals surface area contributed by atoms with E-state index in [1.165, 1.54) is 13.0 Å². The smallest absolute Gasteiger partial charge is 0.156 e. The van der Waals surface area contributed by atoms with Gasteiger partial charge in [0.1, 0.15) is 5.76 Å². The first-order chi connectivity index (χ1) is 6.09. The maximum absolute atomic E-state index is 10.7. The third-order valence-corrected chi connectivity index (χ3v) is 2.13. The lowest BCUT2D eigenvalue weighted by Crippen LogP contribution is -1.88. The van der Waals surface area contributed by atoms with Crippen molar-refractivity contribution in [2.45, 2.75) is 6.92 Å². The molecule has 0 unspecified atom stereocenters. The van der Waals surface area contributed by atoms with Crippen LogP contribution in [0.4, 0.5) is 0 Å². The van der Waals surface area contributed by atoms with E-state index >= 15 is 0 Å². The van der Waals surface area contributed by atoms with Crippen LogP contribution in [0.2, 0.25) is 0 Å². The third kappa shape index (κ3) is 3.18. The van der Waals surface area contributed by atoms with Crippen LogP contribution in [0.3, 0.4) is 0 Å². The van der Waals surface area contributed by atoms with E-state index in [0.717, 1.165) is 3.57 Å². The zero-order valence-electron chi connectivity index (χ0n) is 7.12. The van der Waals surface area contributed by atoms with Crippen molar-refractivity contribution in [3.8, 4) is 0 Å². The number of carbonyl (C=O) groups is 1. The number of allylic oxidation sites excluding steroid dienone is 1. The molecular formula is C10H9IO2. The average molecular weight is 288 g/mol. The minimum Gasteiger partial charge on any atom is -0.507 e. The molecule has 2 nitrogen and oxygen atoms in total. The first kappa shape index (κ1) is 10.2. The summed E-state index contributed by atoms with van der Waals surface area (Å²) in [7, 11) is 0. The van der Waals surface area contributed by atoms with Crippen molar-refractivity contribution in [1.82, 2.24) is 0 Å². The van der Waals surface area contributed by atoms with E-state index in [-0.39, 0.29) is 11.5 Å². The highest BCUT2D eigenvalue weighted by molar-refractivity contribution is 14.1. The molecule has 0 saturated heterocycles. The van der Waals surface area contributed by atoms with Crippen molar-refractivity contribution < 1.29 is 9.90 Å². The van der Waals surface area contributed by atoms with Crippen LogP contribution in [-0.2, 0) is 4.79 Å². The lowest BCUT2D eigenvalue weighted by atomic mass is 10.1. The first-order valence-corrected chi connectivity index (χ1v) is 4.84. The van der Waals surface area contributed by atoms with Gasteiger partial charge >= 0.3 is 0 Å². The number of hydrogen-bond acceptors (Lipinski definition) is 2. The Balaban J connectivity index is 3.02. The molecule has 1 aromatic carbocycles. The summed E-state index contributed by atoms with van der Waals surface area (Å²) < 4.78 is 1.03. The van der Waals surface area contributed by atoms with E-state index in [0.29, 0.717) is 5.56 Å². The monoisotopic (exact) mass is 288 g/mol. The van der Waals surface area contributed by atoms with Gasteiger partial charge in [-0.05, 0) is 41.6 Å². The quantitative estimate of drug-likeness (QED) is 0.516. The van der Waals surface area contributed by atoms with Gasteiger partial charge in [0.25, 0.3) is 0 Å². The highest BCUT2D eigenvalue weighted by Gasteiger charge is 1.99. The number of ketones is 1. The maximum atomic E-state index is 10.7. The normalized spacial score (nSPS) is 11.4. The summed E-state index contributed by atoms with van der Waals surface area (Å²) in [6.07, 6.45) is 1.21. The van der Waals surface area contributed by atoms with Crippen LogP contribution >= 0.6 is 22.6 Å². The van der Waals surface area contributed by atoms with Crippen LogP contribution in [0.5, 0.6) is 0 Å². The zero-order chi connectivity index (χ0) is 9.84. The highest BCUT2D eigenvalue weighted by atomic mass is 127. The Morgan fingerprint density at radius 1 is 1.54 bits per heavy atom. The number of benzene rings is 1. The van der Waals surface area contributed by atoms with E-state index in [1.807, 2.05) is 18.2 Å². The number of carbonyl (C=O) groups excluding carboxylic acids is 1. The van der Waals surface area contributed by atoms with Crippen LogP contribution in [-0.4, -0.2) is 10.9 Å². The molecule has 0 radical (unpaired) electrons. The fraction of sp³-hybridized carbons (Fsp3) is 0.100. The molecule has 1 N–H and O–H groups in total. The van der Waals surface area contributed by atoms with Gasteiger partial charge in [0, 0.05) is 15.2 Å². The summed E-state index contributed by atoms with van der Waals surface area (Å²) in [6, 6.07) is 7.33. The van der Waals surface area contributed by atoms with Crippen LogP contribution in [0.15, 0.2) is 30.3 Å². The maximum Gasteiger partial charge on any atom is 0.156 e. The van der Waals surface area contributed by atoms with E-state index in [2.05, 4.69) is 22.6 Å². The van der Waals surface area contributed by atoms with Gasteiger partial charge in [0.15, 0.2) is 5.78 Å². The molecule has 1 aromatic rings. The van der Waals surface area contributed by atoms with Crippen LogP contribution in [0.1, 0.15) is 12.5 Å². The molecule has 0 bridgehead atoms. The molecule has 0 amide bonds. The van der Waals surface area contributed by atoms with Gasteiger partial charge in [-0.3, -0.25) is 4.79 Å². The van der Waals surface area contributed by atoms with E-state index < -0.39 is 0 Å². The molecule has 0 fully saturated rings. The van der Waals surface area contributed by atoms with Gasteiger partial charge in [0.2, 0.25) is 0 Å². The lowest BCUT2D eigenvalue weighted by Gasteiger charge is -1.99. The fourth-order valence-corrected chi connectivity index (χ4v) is 1.47. The molecular weight excluding hydrogens is 279 g/mol. The van der Waals surface area contributed by atoms with Gasteiger partial charge in [-0.2, -0.15) is 0 Å². The minimum absolute atomic E-state index is 0.0195. The zero-order valence-corrected chi connectivity index (χ0v) is 9.28. The summed E-state index contributed by atoms with van der Waals surface area (Å²) in [6.45, 7) is 1.41. The van der Waals surface area contributed by atoms with Crippen LogP contribution in [0.25, 0.3) is 5.76 Å². The Hall–Kier alpha value is -0.840. The van der Waals surface area contributed by atoms with E-state index in [1.54, 1.807) is 6.07 Å². The van der Waals surface area contributed by atoms with Crippen LogP contribution in [0, 0.1) is 3.57 Å². The minimum atomic E-state index is -0.156. The molecule has 0 heterocycles. The Bertz CT molecular complexity index is 356. The number of aliphatic hydroxyl groups excluding tert-OH is 1. The van der Waals surface area contributed by atoms with Gasteiger partial charge in [0.05, 0.1) is 0 Å². The third-order valence-electron chi connectivity index (χ3n) is 1.46. The van der Waals surface area contributed by atoms with Gasteiger partial charge < -0.3 is 5.11 Å². The Kier molecular flexibility index (Phi) is 3.48. The molecule has 0 aromatic heterocycles. The summed E-state index contributed by atoms with van der Waals surface area (Å²) in [5.41, 5.74) is 0.669. The second-order valence-corrected chi connectivity index (χ2v) is 3.90. The molecule has 0 aliphatic heterocycles. The standard InChI is InChI=1S/C10H9IO2/c1-7(12)5-10(13)8-3-2-4-9(11)6-8/h2-6,13H,1H3/b10-5-. The van der Waals surface area contributed by atoms with E-state index in [4.69, 9.17) is 0 Å². The lowest BCUT2D eigenvalue weighted by molar-refractivity contribution is -0.112. The van der Waals surface area contributed by atoms with Crippen molar-refractivity contribution in [3.05, 3.63) is 39.5 Å². The van der Waals surface area contributed by atoms with Gasteiger partial charge in [-0.25, -0.2) is 0 Å². The van der Waals surface area contributed by atoms with Gasteiger partial charge in [-0.15, -0.1) is 0 Å². The molecule has 0 saturated carbocycles. The predicted octanol–water partition coefficient (Wildman–Crippen LogP) is 2.78. The molecule has 68 valence electrons. The first-order valence-electron chi connectivity index (χ1n) is 3.77. The highest BCUT2D eigenvalue weighted by Crippen LogP contribution is 2.14. The topological polar surface area (TPSA) is 37.3 Å². The molecule has 1 rings (SSSR count). The molecule has 0 spiro atoms. The molecule has 0 aliphatic carbocycles. The van der Waals surface area contributed by atoms with Gasteiger partial charge in [-0.1, -0.05) is 12.1 Å². The summed E-state index contributed by atoms with van der Waals surface area (Å²) in [5, 5.41) is 9.45. The number of rotatable bonds is 2. The average Bonchev–Trinajstić information content (AvgIpc) is 2.03. The molecule has 3 heteroatoms. The fourth-order valence-electron chi connectivity index (χ4n) is 0.924. The SMILES string of the molecule is CC(=O)/C=C(\O)c1cccc(I)c1. The second kappa shape index (κ2) is 4.41. The Labute approximate surface area is 90.4 Å². The molecule has 13 heavy (non-hydrogen) atoms. The second-order valence-electron chi connectivity index (χ2n) is 2.65.